The lowest BCUT2D eigenvalue weighted by Gasteiger charge is -2.41. The van der Waals surface area contributed by atoms with E-state index in [0.29, 0.717) is 0 Å². The van der Waals surface area contributed by atoms with Gasteiger partial charge in [0.15, 0.2) is 11.2 Å². The van der Waals surface area contributed by atoms with Crippen molar-refractivity contribution in [3.05, 3.63) is 347 Å². The van der Waals surface area contributed by atoms with E-state index in [1.165, 1.54) is 76.8 Å². The fourth-order valence-corrected chi connectivity index (χ4v) is 18.7. The number of para-hydroxylation sites is 5. The molecule has 98 heavy (non-hydrogen) atoms. The van der Waals surface area contributed by atoms with E-state index in [1.807, 2.05) is 0 Å². The molecular formula is C92H54N2O4. The number of nitrogens with zero attached hydrogens (tertiary/aromatic N) is 2. The highest BCUT2D eigenvalue weighted by Gasteiger charge is 2.58. The topological polar surface area (TPSA) is 56.8 Å². The normalized spacial score (nSPS) is 17.4. The summed E-state index contributed by atoms with van der Waals surface area (Å²) < 4.78 is 31.5. The van der Waals surface area contributed by atoms with Gasteiger partial charge in [0.25, 0.3) is 0 Å². The lowest BCUT2D eigenvalue weighted by Crippen LogP contribution is -2.57. The summed E-state index contributed by atoms with van der Waals surface area (Å²) in [5.41, 5.74) is 22.8. The Bertz CT molecular complexity index is 6930. The molecule has 0 radical (unpaired) electrons. The highest BCUT2D eigenvalue weighted by molar-refractivity contribution is 6.38. The summed E-state index contributed by atoms with van der Waals surface area (Å²) in [7, 11) is 0. The summed E-state index contributed by atoms with van der Waals surface area (Å²) in [6.07, 6.45) is 0. The molecule has 15 aromatic carbocycles. The van der Waals surface area contributed by atoms with Crippen LogP contribution in [0.2, 0.25) is 0 Å². The maximum Gasteiger partial charge on any atom is 0.163 e. The predicted molar refractivity (Wildman–Crippen MR) is 399 cm³/mol. The van der Waals surface area contributed by atoms with Gasteiger partial charge in [-0.3, -0.25) is 0 Å². The van der Waals surface area contributed by atoms with Crippen molar-refractivity contribution < 1.29 is 18.0 Å². The molecule has 0 saturated carbocycles. The van der Waals surface area contributed by atoms with E-state index in [-0.39, 0.29) is 6.04 Å². The summed E-state index contributed by atoms with van der Waals surface area (Å²) in [4.78, 5) is 2.58. The summed E-state index contributed by atoms with van der Waals surface area (Å²) in [5.74, 6) is 0.867. The first-order valence-corrected chi connectivity index (χ1v) is 33.9. The van der Waals surface area contributed by atoms with Gasteiger partial charge in [-0.1, -0.05) is 231 Å². The molecule has 4 aliphatic rings. The molecule has 3 unspecified atom stereocenters. The molecule has 19 aromatic rings. The van der Waals surface area contributed by atoms with Crippen LogP contribution in [0.3, 0.4) is 0 Å². The number of benzene rings is 15. The Labute approximate surface area is 560 Å². The lowest BCUT2D eigenvalue weighted by molar-refractivity contribution is 0.153. The van der Waals surface area contributed by atoms with Crippen LogP contribution in [-0.4, -0.2) is 16.2 Å². The van der Waals surface area contributed by atoms with Gasteiger partial charge in [0.1, 0.15) is 39.5 Å². The van der Waals surface area contributed by atoms with E-state index in [9.17, 15) is 0 Å². The van der Waals surface area contributed by atoms with Crippen LogP contribution in [0.15, 0.2) is 317 Å². The van der Waals surface area contributed by atoms with Crippen LogP contribution >= 0.6 is 0 Å². The Morgan fingerprint density at radius 1 is 0.357 bits per heavy atom. The quantitative estimate of drug-likeness (QED) is 0.161. The van der Waals surface area contributed by atoms with Crippen molar-refractivity contribution in [1.82, 2.24) is 4.57 Å². The average molecular weight is 1250 g/mol. The molecule has 0 N–H and O–H groups in total. The molecular weight excluding hydrogens is 1200 g/mol. The second-order valence-electron chi connectivity index (χ2n) is 27.3. The summed E-state index contributed by atoms with van der Waals surface area (Å²) in [6.45, 7) is 2.28. The monoisotopic (exact) mass is 1250 g/mol. The third-order valence-electron chi connectivity index (χ3n) is 22.6. The first-order chi connectivity index (χ1) is 48.5. The van der Waals surface area contributed by atoms with Crippen LogP contribution < -0.4 is 20.3 Å². The summed E-state index contributed by atoms with van der Waals surface area (Å²) in [6, 6.07) is 111. The zero-order chi connectivity index (χ0) is 63.9. The van der Waals surface area contributed by atoms with Gasteiger partial charge < -0.3 is 27.5 Å². The van der Waals surface area contributed by atoms with Gasteiger partial charge in [-0.05, 0) is 157 Å². The predicted octanol–water partition coefficient (Wildman–Crippen LogP) is 21.9. The molecule has 6 heterocycles. The van der Waals surface area contributed by atoms with Crippen molar-refractivity contribution in [3.8, 4) is 33.7 Å². The van der Waals surface area contributed by atoms with Crippen LogP contribution in [0.5, 0.6) is 5.75 Å². The molecule has 3 atom stereocenters. The lowest BCUT2D eigenvalue weighted by atomic mass is 9.67. The van der Waals surface area contributed by atoms with Crippen molar-refractivity contribution in [3.63, 3.8) is 0 Å². The van der Waals surface area contributed by atoms with Crippen LogP contribution in [0.4, 0.5) is 11.4 Å². The fourth-order valence-electron chi connectivity index (χ4n) is 18.7. The van der Waals surface area contributed by atoms with Gasteiger partial charge in [0.2, 0.25) is 0 Å². The molecule has 0 amide bonds. The van der Waals surface area contributed by atoms with Crippen molar-refractivity contribution in [2.75, 3.05) is 4.90 Å². The van der Waals surface area contributed by atoms with Gasteiger partial charge in [-0.25, -0.2) is 0 Å². The van der Waals surface area contributed by atoms with E-state index in [1.54, 1.807) is 0 Å². The minimum Gasteiger partial charge on any atom is -0.479 e. The van der Waals surface area contributed by atoms with Gasteiger partial charge >= 0.3 is 0 Å². The second kappa shape index (κ2) is 18.8. The molecule has 2 aliphatic heterocycles. The molecule has 4 aromatic heterocycles. The minimum absolute atomic E-state index is 0.259. The Morgan fingerprint density at radius 3 is 1.77 bits per heavy atom. The maximum atomic E-state index is 7.45. The Kier molecular flexibility index (Phi) is 10.1. The van der Waals surface area contributed by atoms with Crippen LogP contribution in [0.1, 0.15) is 40.3 Å². The Balaban J connectivity index is 0.730. The van der Waals surface area contributed by atoms with Crippen LogP contribution in [-0.2, 0) is 5.41 Å². The zero-order valence-corrected chi connectivity index (χ0v) is 53.0. The molecule has 0 saturated heterocycles. The SMILES string of the molecule is CC12Oc3ccccc3C1=c1oc3ccccc3c1=C1c3ccccc3N(c3ccc4c(c3)C(c3ccccc3)(c3cccc(-c5ccc6c(c5)oc5c7c8ccccc8oc7c7c(c8ccccc8n7-c7ccc8c9ccccc9c9ccccc9c8c7)c65)c3)c3ccccc3-4)C12. The minimum atomic E-state index is -0.833. The summed E-state index contributed by atoms with van der Waals surface area (Å²) >= 11 is 0. The van der Waals surface area contributed by atoms with Gasteiger partial charge in [0, 0.05) is 71.3 Å². The molecule has 6 nitrogen and oxygen atoms in total. The third-order valence-corrected chi connectivity index (χ3v) is 22.6. The second-order valence-corrected chi connectivity index (χ2v) is 27.3. The van der Waals surface area contributed by atoms with Crippen LogP contribution in [0, 0.1) is 0 Å². The molecule has 0 spiro atoms. The highest BCUT2D eigenvalue weighted by atomic mass is 16.5. The number of anilines is 2. The van der Waals surface area contributed by atoms with E-state index in [0.717, 1.165) is 132 Å². The third kappa shape index (κ3) is 6.57. The molecule has 23 rings (SSSR count). The first kappa shape index (κ1) is 52.7. The van der Waals surface area contributed by atoms with E-state index in [2.05, 4.69) is 320 Å². The Hall–Kier alpha value is -12.6. The standard InChI is InChI=1S/C92H54N2O4/c1-91-85(70-35-14-20-41-78(70)98-91)88-82(67-33-12-18-39-76(67)95-88)83-66-32-11-17-38-75(66)94(90(83)91)57-44-47-64-63-30-9-15-36-72(63)92(73(64)51-57,54-23-3-2-4-24-54)55-25-21-22-52(48-55)53-42-45-69-79(49-53)97-87-81(69)80-65-31-10-16-37-74(65)93(86(80)89-84(87)68-34-13-19-40-77(68)96-89)56-43-46-62-60-28-6-5-26-58(60)59-27-7-8-29-61(59)71(62)50-56/h2-51,90H,1H3. The van der Waals surface area contributed by atoms with Crippen molar-refractivity contribution >= 4 is 131 Å². The zero-order valence-electron chi connectivity index (χ0n) is 53.0. The molecule has 456 valence electrons. The number of fused-ring (bicyclic) bond motifs is 31. The number of aromatic nitrogens is 1. The highest BCUT2D eigenvalue weighted by Crippen LogP contribution is 2.61. The number of rotatable bonds is 5. The smallest absolute Gasteiger partial charge is 0.163 e. The van der Waals surface area contributed by atoms with E-state index < -0.39 is 11.0 Å². The van der Waals surface area contributed by atoms with E-state index >= 15 is 0 Å². The summed E-state index contributed by atoms with van der Waals surface area (Å²) in [5, 5.41) is 16.0. The van der Waals surface area contributed by atoms with Crippen molar-refractivity contribution in [1.29, 1.82) is 0 Å². The number of hydrogen-bond donors (Lipinski definition) is 0. The number of hydrogen-bond acceptors (Lipinski definition) is 5. The average Bonchev–Trinajstić information content (AvgIpc) is 1.51. The van der Waals surface area contributed by atoms with Crippen molar-refractivity contribution in [2.24, 2.45) is 0 Å². The maximum absolute atomic E-state index is 7.45. The first-order valence-electron chi connectivity index (χ1n) is 33.9. The van der Waals surface area contributed by atoms with E-state index in [4.69, 9.17) is 18.0 Å². The Morgan fingerprint density at radius 2 is 0.949 bits per heavy atom. The van der Waals surface area contributed by atoms with Gasteiger partial charge in [-0.2, -0.15) is 0 Å². The molecule has 0 fully saturated rings. The van der Waals surface area contributed by atoms with Crippen LogP contribution in [0.25, 0.3) is 148 Å². The number of furan rings is 3. The van der Waals surface area contributed by atoms with Gasteiger partial charge in [-0.15, -0.1) is 0 Å². The number of ether oxygens (including phenoxy) is 1. The molecule has 6 heteroatoms. The molecule has 0 bridgehead atoms. The largest absolute Gasteiger partial charge is 0.479 e. The fraction of sp³-hybridized carbons (Fsp3) is 0.0435. The van der Waals surface area contributed by atoms with Crippen molar-refractivity contribution in [2.45, 2.75) is 24.0 Å². The molecule has 2 aliphatic carbocycles. The van der Waals surface area contributed by atoms with Gasteiger partial charge in [0.05, 0.1) is 27.4 Å².